The van der Waals surface area contributed by atoms with E-state index in [0.29, 0.717) is 18.6 Å². The molecule has 0 bridgehead atoms. The molecule has 0 N–H and O–H groups in total. The molecule has 1 amide bonds. The highest BCUT2D eigenvalue weighted by Crippen LogP contribution is 2.37. The fourth-order valence-electron chi connectivity index (χ4n) is 4.37. The number of amides is 1. The Hall–Kier alpha value is -3.77. The number of carbonyl (C=O) groups is 1. The minimum Gasteiger partial charge on any atom is -0.491 e. The Morgan fingerprint density at radius 2 is 1.94 bits per heavy atom. The number of hydrogen-bond donors (Lipinski definition) is 0. The minimum absolute atomic E-state index is 0.146. The van der Waals surface area contributed by atoms with Gasteiger partial charge in [0.15, 0.2) is 0 Å². The van der Waals surface area contributed by atoms with Crippen LogP contribution < -0.4 is 4.74 Å². The van der Waals surface area contributed by atoms with Gasteiger partial charge in [0.25, 0.3) is 0 Å². The van der Waals surface area contributed by atoms with Crippen molar-refractivity contribution in [2.45, 2.75) is 12.3 Å². The lowest BCUT2D eigenvalue weighted by Gasteiger charge is -2.35. The van der Waals surface area contributed by atoms with Gasteiger partial charge in [0, 0.05) is 44.2 Å². The van der Waals surface area contributed by atoms with Gasteiger partial charge < -0.3 is 9.64 Å². The van der Waals surface area contributed by atoms with Gasteiger partial charge >= 0.3 is 0 Å². The summed E-state index contributed by atoms with van der Waals surface area (Å²) in [7, 11) is 0. The highest BCUT2D eigenvalue weighted by molar-refractivity contribution is 5.79. The molecule has 1 saturated heterocycles. The molecule has 0 radical (unpaired) electrons. The summed E-state index contributed by atoms with van der Waals surface area (Å²) in [6, 6.07) is 15.7. The predicted molar refractivity (Wildman–Crippen MR) is 115 cm³/mol. The predicted octanol–water partition coefficient (Wildman–Crippen LogP) is 1.40. The first-order valence-electron chi connectivity index (χ1n) is 10.7. The second-order valence-electron chi connectivity index (χ2n) is 8.12. The number of tetrazole rings is 1. The number of para-hydroxylation sites is 1. The fourth-order valence-corrected chi connectivity index (χ4v) is 4.37. The second kappa shape index (κ2) is 8.77. The number of piperazine rings is 1. The molecule has 0 spiro atoms. The molecule has 162 valence electrons. The zero-order chi connectivity index (χ0) is 21.9. The first kappa shape index (κ1) is 20.2. The molecule has 1 fully saturated rings. The van der Waals surface area contributed by atoms with Crippen LogP contribution in [0.15, 0.2) is 48.8 Å². The van der Waals surface area contributed by atoms with Crippen molar-refractivity contribution in [3.05, 3.63) is 65.5 Å². The number of hydrogen-bond acceptors (Lipinski definition) is 7. The number of benzene rings is 2. The third kappa shape index (κ3) is 4.05. The van der Waals surface area contributed by atoms with Crippen LogP contribution in [0.25, 0.3) is 5.69 Å². The van der Waals surface area contributed by atoms with Crippen LogP contribution in [0.3, 0.4) is 0 Å². The summed E-state index contributed by atoms with van der Waals surface area (Å²) >= 11 is 0. The van der Waals surface area contributed by atoms with Crippen molar-refractivity contribution in [1.29, 1.82) is 5.26 Å². The minimum atomic E-state index is 0.146. The lowest BCUT2D eigenvalue weighted by molar-refractivity contribution is -0.132. The maximum Gasteiger partial charge on any atom is 0.227 e. The van der Waals surface area contributed by atoms with Crippen molar-refractivity contribution in [3.8, 4) is 17.5 Å². The van der Waals surface area contributed by atoms with Gasteiger partial charge in [0.2, 0.25) is 5.91 Å². The van der Waals surface area contributed by atoms with E-state index in [2.05, 4.69) is 32.6 Å². The highest BCUT2D eigenvalue weighted by Gasteiger charge is 2.30. The van der Waals surface area contributed by atoms with Gasteiger partial charge in [0.05, 0.1) is 24.3 Å². The normalized spacial score (nSPS) is 18.1. The molecular formula is C23H23N7O2. The second-order valence-corrected chi connectivity index (χ2v) is 8.12. The first-order chi connectivity index (χ1) is 15.7. The van der Waals surface area contributed by atoms with E-state index < -0.39 is 0 Å². The van der Waals surface area contributed by atoms with Crippen molar-refractivity contribution < 1.29 is 9.53 Å². The summed E-state index contributed by atoms with van der Waals surface area (Å²) in [6.45, 7) is 4.61. The van der Waals surface area contributed by atoms with Crippen LogP contribution in [0.1, 0.15) is 22.6 Å². The Labute approximate surface area is 185 Å². The van der Waals surface area contributed by atoms with Gasteiger partial charge in [-0.3, -0.25) is 9.69 Å². The zero-order valence-corrected chi connectivity index (χ0v) is 17.6. The Balaban J connectivity index is 1.13. The van der Waals surface area contributed by atoms with Crippen LogP contribution in [-0.2, 0) is 11.2 Å². The lowest BCUT2D eigenvalue weighted by atomic mass is 9.98. The zero-order valence-electron chi connectivity index (χ0n) is 17.6. The summed E-state index contributed by atoms with van der Waals surface area (Å²) < 4.78 is 7.39. The molecule has 0 saturated carbocycles. The van der Waals surface area contributed by atoms with Crippen LogP contribution in [0, 0.1) is 11.3 Å². The number of fused-ring (bicyclic) bond motifs is 1. The number of aromatic nitrogens is 4. The number of rotatable bonds is 5. The van der Waals surface area contributed by atoms with Crippen molar-refractivity contribution in [2.24, 2.45) is 0 Å². The summed E-state index contributed by atoms with van der Waals surface area (Å²) in [6.07, 6.45) is 1.93. The third-order valence-corrected chi connectivity index (χ3v) is 6.14. The molecule has 3 heterocycles. The standard InChI is InChI=1S/C23H23N7O2/c24-13-18-2-1-3-21-19(15-32-23(18)21)14-28-8-10-29(11-9-28)22(31)12-17-4-6-20(7-5-17)30-16-25-26-27-30/h1-7,16,19H,8-12,14-15H2. The van der Waals surface area contributed by atoms with Crippen molar-refractivity contribution >= 4 is 5.91 Å². The van der Waals surface area contributed by atoms with E-state index in [0.717, 1.165) is 55.3 Å². The van der Waals surface area contributed by atoms with E-state index in [9.17, 15) is 10.1 Å². The molecule has 32 heavy (non-hydrogen) atoms. The maximum absolute atomic E-state index is 12.8. The smallest absolute Gasteiger partial charge is 0.227 e. The number of ether oxygens (including phenoxy) is 1. The molecule has 2 aliphatic heterocycles. The molecule has 5 rings (SSSR count). The summed E-state index contributed by atoms with van der Waals surface area (Å²) in [5.41, 5.74) is 3.56. The molecule has 9 heteroatoms. The van der Waals surface area contributed by atoms with E-state index >= 15 is 0 Å². The van der Waals surface area contributed by atoms with Crippen molar-refractivity contribution in [2.75, 3.05) is 39.3 Å². The van der Waals surface area contributed by atoms with E-state index in [-0.39, 0.29) is 11.8 Å². The highest BCUT2D eigenvalue weighted by atomic mass is 16.5. The third-order valence-electron chi connectivity index (χ3n) is 6.14. The molecular weight excluding hydrogens is 406 g/mol. The molecule has 2 aliphatic rings. The van der Waals surface area contributed by atoms with E-state index in [1.54, 1.807) is 17.1 Å². The molecule has 9 nitrogen and oxygen atoms in total. The van der Waals surface area contributed by atoms with Gasteiger partial charge in [-0.05, 0) is 34.2 Å². The van der Waals surface area contributed by atoms with Crippen molar-refractivity contribution in [1.82, 2.24) is 30.0 Å². The molecule has 3 aromatic rings. The average molecular weight is 429 g/mol. The molecule has 1 unspecified atom stereocenters. The monoisotopic (exact) mass is 429 g/mol. The first-order valence-corrected chi connectivity index (χ1v) is 10.7. The topological polar surface area (TPSA) is 100 Å². The van der Waals surface area contributed by atoms with Crippen LogP contribution in [-0.4, -0.2) is 75.2 Å². The maximum atomic E-state index is 12.8. The van der Waals surface area contributed by atoms with Gasteiger partial charge in [0.1, 0.15) is 18.1 Å². The lowest BCUT2D eigenvalue weighted by Crippen LogP contribution is -2.50. The Kier molecular flexibility index (Phi) is 5.52. The Morgan fingerprint density at radius 1 is 1.12 bits per heavy atom. The molecule has 0 aliphatic carbocycles. The SMILES string of the molecule is N#Cc1cccc2c1OCC2CN1CCN(C(=O)Cc2ccc(-n3cnnn3)cc2)CC1. The van der Waals surface area contributed by atoms with Crippen LogP contribution in [0.2, 0.25) is 0 Å². The number of nitriles is 1. The Bertz CT molecular complexity index is 1130. The van der Waals surface area contributed by atoms with E-state index in [1.807, 2.05) is 35.2 Å². The van der Waals surface area contributed by atoms with E-state index in [4.69, 9.17) is 4.74 Å². The largest absolute Gasteiger partial charge is 0.491 e. The van der Waals surface area contributed by atoms with Crippen LogP contribution in [0.5, 0.6) is 5.75 Å². The van der Waals surface area contributed by atoms with E-state index in [1.165, 1.54) is 0 Å². The quantitative estimate of drug-likeness (QED) is 0.604. The summed E-state index contributed by atoms with van der Waals surface area (Å²) in [5, 5.41) is 20.4. The number of carbonyl (C=O) groups excluding carboxylic acids is 1. The van der Waals surface area contributed by atoms with Gasteiger partial charge in [-0.2, -0.15) is 5.26 Å². The molecule has 1 atom stereocenters. The summed E-state index contributed by atoms with van der Waals surface area (Å²) in [4.78, 5) is 17.1. The fraction of sp³-hybridized carbons (Fsp3) is 0.348. The average Bonchev–Trinajstić information content (AvgIpc) is 3.51. The van der Waals surface area contributed by atoms with Crippen molar-refractivity contribution in [3.63, 3.8) is 0 Å². The van der Waals surface area contributed by atoms with Gasteiger partial charge in [-0.25, -0.2) is 4.68 Å². The summed E-state index contributed by atoms with van der Waals surface area (Å²) in [5.74, 6) is 1.15. The van der Waals surface area contributed by atoms with Crippen LogP contribution in [0.4, 0.5) is 0 Å². The molecule has 1 aromatic heterocycles. The Morgan fingerprint density at radius 3 is 2.66 bits per heavy atom. The van der Waals surface area contributed by atoms with Gasteiger partial charge in [-0.15, -0.1) is 5.10 Å². The van der Waals surface area contributed by atoms with Crippen LogP contribution >= 0.6 is 0 Å². The van der Waals surface area contributed by atoms with Gasteiger partial charge in [-0.1, -0.05) is 24.3 Å². The molecule has 2 aromatic carbocycles. The number of nitrogens with zero attached hydrogens (tertiary/aromatic N) is 7.